The molecule has 1 aliphatic carbocycles. The van der Waals surface area contributed by atoms with E-state index in [-0.39, 0.29) is 17.8 Å². The summed E-state index contributed by atoms with van der Waals surface area (Å²) in [5.41, 5.74) is 6.01. The van der Waals surface area contributed by atoms with Crippen molar-refractivity contribution in [2.24, 2.45) is 5.73 Å². The Bertz CT molecular complexity index is 455. The summed E-state index contributed by atoms with van der Waals surface area (Å²) < 4.78 is 0.592. The van der Waals surface area contributed by atoms with Crippen LogP contribution in [0.1, 0.15) is 25.7 Å². The predicted molar refractivity (Wildman–Crippen MR) is 72.4 cm³/mol. The van der Waals surface area contributed by atoms with E-state index < -0.39 is 4.92 Å². The van der Waals surface area contributed by atoms with Gasteiger partial charge in [0.05, 0.1) is 9.40 Å². The molecule has 1 fully saturated rings. The molecule has 2 rings (SSSR count). The zero-order chi connectivity index (χ0) is 13.1. The minimum Gasteiger partial charge on any atom is -0.365 e. The lowest BCUT2D eigenvalue weighted by atomic mass is 9.91. The van der Waals surface area contributed by atoms with Crippen LogP contribution in [-0.4, -0.2) is 22.0 Å². The third-order valence-corrected chi connectivity index (χ3v) is 3.78. The van der Waals surface area contributed by atoms with Gasteiger partial charge in [-0.1, -0.05) is 12.8 Å². The number of nitro groups is 1. The summed E-state index contributed by atoms with van der Waals surface area (Å²) in [6.45, 7) is 0. The average molecular weight is 315 g/mol. The highest BCUT2D eigenvalue weighted by molar-refractivity contribution is 9.10. The quantitative estimate of drug-likeness (QED) is 0.660. The van der Waals surface area contributed by atoms with Gasteiger partial charge in [0, 0.05) is 18.2 Å². The molecular formula is C11H15BrN4O2. The second kappa shape index (κ2) is 5.62. The topological polar surface area (TPSA) is 94.1 Å². The van der Waals surface area contributed by atoms with Gasteiger partial charge in [-0.3, -0.25) is 10.1 Å². The second-order valence-electron chi connectivity index (χ2n) is 4.48. The summed E-state index contributed by atoms with van der Waals surface area (Å²) in [4.78, 5) is 14.2. The minimum atomic E-state index is -0.464. The summed E-state index contributed by atoms with van der Waals surface area (Å²) in [5.74, 6) is 0.614. The maximum Gasteiger partial charge on any atom is 0.288 e. The van der Waals surface area contributed by atoms with Crippen LogP contribution in [0.15, 0.2) is 16.7 Å². The van der Waals surface area contributed by atoms with Crippen molar-refractivity contribution < 1.29 is 4.92 Å². The number of aromatic nitrogens is 1. The standard InChI is InChI=1S/C11H15BrN4O2/c12-8-5-7(16(17)18)6-14-11(8)15-10-4-2-1-3-9(10)13/h5-6,9-10H,1-4,13H2,(H,14,15)/t9-,10-/m1/s1. The van der Waals surface area contributed by atoms with Crippen LogP contribution in [-0.2, 0) is 0 Å². The van der Waals surface area contributed by atoms with Crippen molar-refractivity contribution in [2.75, 3.05) is 5.32 Å². The van der Waals surface area contributed by atoms with Gasteiger partial charge in [-0.2, -0.15) is 0 Å². The summed E-state index contributed by atoms with van der Waals surface area (Å²) in [7, 11) is 0. The van der Waals surface area contributed by atoms with E-state index in [9.17, 15) is 10.1 Å². The van der Waals surface area contributed by atoms with E-state index in [0.717, 1.165) is 25.7 Å². The van der Waals surface area contributed by atoms with Crippen LogP contribution in [0, 0.1) is 10.1 Å². The van der Waals surface area contributed by atoms with Crippen molar-refractivity contribution in [3.05, 3.63) is 26.9 Å². The predicted octanol–water partition coefficient (Wildman–Crippen LogP) is 2.43. The van der Waals surface area contributed by atoms with Gasteiger partial charge in [0.25, 0.3) is 5.69 Å². The molecule has 0 aliphatic heterocycles. The number of nitrogens with one attached hydrogen (secondary N) is 1. The molecule has 6 nitrogen and oxygen atoms in total. The first-order chi connectivity index (χ1) is 8.58. The largest absolute Gasteiger partial charge is 0.365 e. The van der Waals surface area contributed by atoms with E-state index in [1.165, 1.54) is 12.3 Å². The lowest BCUT2D eigenvalue weighted by Gasteiger charge is -2.29. The first kappa shape index (κ1) is 13.2. The molecule has 0 bridgehead atoms. The number of hydrogen-bond acceptors (Lipinski definition) is 5. The zero-order valence-corrected chi connectivity index (χ0v) is 11.4. The van der Waals surface area contributed by atoms with Gasteiger partial charge in [0.15, 0.2) is 0 Å². The number of anilines is 1. The molecule has 0 spiro atoms. The van der Waals surface area contributed by atoms with Crippen molar-refractivity contribution in [1.82, 2.24) is 4.98 Å². The van der Waals surface area contributed by atoms with Gasteiger partial charge in [-0.25, -0.2) is 4.98 Å². The summed E-state index contributed by atoms with van der Waals surface area (Å²) in [6, 6.07) is 1.75. The van der Waals surface area contributed by atoms with Crippen LogP contribution >= 0.6 is 15.9 Å². The highest BCUT2D eigenvalue weighted by atomic mass is 79.9. The Morgan fingerprint density at radius 2 is 2.22 bits per heavy atom. The molecule has 3 N–H and O–H groups in total. The molecule has 98 valence electrons. The maximum atomic E-state index is 10.6. The van der Waals surface area contributed by atoms with Gasteiger partial charge >= 0.3 is 0 Å². The summed E-state index contributed by atoms with van der Waals surface area (Å²) in [5, 5.41) is 13.9. The van der Waals surface area contributed by atoms with Crippen LogP contribution in [0.5, 0.6) is 0 Å². The fraction of sp³-hybridized carbons (Fsp3) is 0.545. The molecule has 1 aromatic heterocycles. The lowest BCUT2D eigenvalue weighted by molar-refractivity contribution is -0.385. The fourth-order valence-corrected chi connectivity index (χ4v) is 2.60. The molecule has 0 unspecified atom stereocenters. The number of halogens is 1. The van der Waals surface area contributed by atoms with Crippen molar-refractivity contribution in [1.29, 1.82) is 0 Å². The highest BCUT2D eigenvalue weighted by Gasteiger charge is 2.23. The average Bonchev–Trinajstić information content (AvgIpc) is 2.34. The Labute approximate surface area is 113 Å². The molecule has 0 aromatic carbocycles. The molecule has 1 aromatic rings. The Hall–Kier alpha value is -1.21. The molecule has 0 amide bonds. The third kappa shape index (κ3) is 2.97. The van der Waals surface area contributed by atoms with E-state index in [1.54, 1.807) is 0 Å². The molecule has 7 heteroatoms. The van der Waals surface area contributed by atoms with Crippen LogP contribution in [0.2, 0.25) is 0 Å². The number of nitrogens with two attached hydrogens (primary N) is 1. The number of nitrogens with zero attached hydrogens (tertiary/aromatic N) is 2. The third-order valence-electron chi connectivity index (χ3n) is 3.18. The molecule has 2 atom stereocenters. The molecule has 1 aliphatic rings. The lowest BCUT2D eigenvalue weighted by Crippen LogP contribution is -2.42. The van der Waals surface area contributed by atoms with E-state index >= 15 is 0 Å². The van der Waals surface area contributed by atoms with Crippen LogP contribution in [0.25, 0.3) is 0 Å². The maximum absolute atomic E-state index is 10.6. The Balaban J connectivity index is 2.11. The van der Waals surface area contributed by atoms with Gasteiger partial charge < -0.3 is 11.1 Å². The number of pyridine rings is 1. The fourth-order valence-electron chi connectivity index (χ4n) is 2.15. The normalized spacial score (nSPS) is 23.7. The number of hydrogen-bond donors (Lipinski definition) is 2. The SMILES string of the molecule is N[C@@H]1CCCC[C@H]1Nc1ncc([N+](=O)[O-])cc1Br. The smallest absolute Gasteiger partial charge is 0.288 e. The van der Waals surface area contributed by atoms with E-state index in [0.29, 0.717) is 10.3 Å². The van der Waals surface area contributed by atoms with Crippen LogP contribution in [0.3, 0.4) is 0 Å². The Morgan fingerprint density at radius 3 is 2.83 bits per heavy atom. The van der Waals surface area contributed by atoms with E-state index in [4.69, 9.17) is 5.73 Å². The molecule has 0 saturated heterocycles. The first-order valence-electron chi connectivity index (χ1n) is 5.90. The van der Waals surface area contributed by atoms with E-state index in [2.05, 4.69) is 26.2 Å². The van der Waals surface area contributed by atoms with Crippen molar-refractivity contribution in [2.45, 2.75) is 37.8 Å². The molecule has 1 heterocycles. The van der Waals surface area contributed by atoms with Gasteiger partial charge in [0.2, 0.25) is 0 Å². The van der Waals surface area contributed by atoms with Crippen molar-refractivity contribution >= 4 is 27.4 Å². The van der Waals surface area contributed by atoms with Gasteiger partial charge in [-0.05, 0) is 28.8 Å². The Kier molecular flexibility index (Phi) is 4.13. The Morgan fingerprint density at radius 1 is 1.50 bits per heavy atom. The molecular weight excluding hydrogens is 300 g/mol. The highest BCUT2D eigenvalue weighted by Crippen LogP contribution is 2.27. The van der Waals surface area contributed by atoms with Crippen molar-refractivity contribution in [3.63, 3.8) is 0 Å². The summed E-state index contributed by atoms with van der Waals surface area (Å²) >= 11 is 3.29. The van der Waals surface area contributed by atoms with Crippen LogP contribution in [0.4, 0.5) is 11.5 Å². The number of rotatable bonds is 3. The first-order valence-corrected chi connectivity index (χ1v) is 6.69. The van der Waals surface area contributed by atoms with Crippen LogP contribution < -0.4 is 11.1 Å². The van der Waals surface area contributed by atoms with E-state index in [1.807, 2.05) is 0 Å². The monoisotopic (exact) mass is 314 g/mol. The minimum absolute atomic E-state index is 0.0274. The van der Waals surface area contributed by atoms with Crippen molar-refractivity contribution in [3.8, 4) is 0 Å². The van der Waals surface area contributed by atoms with Gasteiger partial charge in [-0.15, -0.1) is 0 Å². The molecule has 1 saturated carbocycles. The zero-order valence-electron chi connectivity index (χ0n) is 9.80. The molecule has 0 radical (unpaired) electrons. The summed E-state index contributed by atoms with van der Waals surface area (Å²) in [6.07, 6.45) is 5.57. The molecule has 18 heavy (non-hydrogen) atoms. The second-order valence-corrected chi connectivity index (χ2v) is 5.33. The van der Waals surface area contributed by atoms with Gasteiger partial charge in [0.1, 0.15) is 12.0 Å².